The van der Waals surface area contributed by atoms with Crippen molar-refractivity contribution in [1.82, 2.24) is 0 Å². The zero-order valence-corrected chi connectivity index (χ0v) is 9.36. The van der Waals surface area contributed by atoms with Crippen LogP contribution in [0.3, 0.4) is 0 Å². The molecule has 0 aliphatic rings. The van der Waals surface area contributed by atoms with E-state index in [0.717, 1.165) is 0 Å². The summed E-state index contributed by atoms with van der Waals surface area (Å²) in [6, 6.07) is 3.15. The number of aliphatic hydroxyl groups excluding tert-OH is 1. The SMILES string of the molecule is CCC(O)c1ccc(Br)c(Cl)c1F. The Morgan fingerprint density at radius 2 is 2.23 bits per heavy atom. The first-order chi connectivity index (χ1) is 6.07. The molecule has 0 aliphatic carbocycles. The van der Waals surface area contributed by atoms with Gasteiger partial charge in [-0.15, -0.1) is 0 Å². The maximum atomic E-state index is 13.4. The van der Waals surface area contributed by atoms with Crippen molar-refractivity contribution in [3.63, 3.8) is 0 Å². The second kappa shape index (κ2) is 4.40. The van der Waals surface area contributed by atoms with Gasteiger partial charge in [0.2, 0.25) is 0 Å². The lowest BCUT2D eigenvalue weighted by Crippen LogP contribution is -1.99. The average molecular weight is 268 g/mol. The van der Waals surface area contributed by atoms with E-state index in [2.05, 4.69) is 15.9 Å². The Labute approximate surface area is 89.7 Å². The van der Waals surface area contributed by atoms with E-state index >= 15 is 0 Å². The molecule has 0 radical (unpaired) electrons. The van der Waals surface area contributed by atoms with E-state index in [1.807, 2.05) is 0 Å². The normalized spacial score (nSPS) is 13.0. The van der Waals surface area contributed by atoms with E-state index in [1.165, 1.54) is 6.07 Å². The van der Waals surface area contributed by atoms with Crippen LogP contribution in [-0.4, -0.2) is 5.11 Å². The Morgan fingerprint density at radius 3 is 2.77 bits per heavy atom. The second-order valence-corrected chi connectivity index (χ2v) is 3.92. The van der Waals surface area contributed by atoms with Crippen molar-refractivity contribution < 1.29 is 9.50 Å². The number of aliphatic hydroxyl groups is 1. The summed E-state index contributed by atoms with van der Waals surface area (Å²) in [6.45, 7) is 1.78. The minimum absolute atomic E-state index is 0.0185. The lowest BCUT2D eigenvalue weighted by Gasteiger charge is -2.10. The summed E-state index contributed by atoms with van der Waals surface area (Å²) in [5.74, 6) is -0.551. The predicted molar refractivity (Wildman–Crippen MR) is 54.4 cm³/mol. The van der Waals surface area contributed by atoms with Gasteiger partial charge in [0.25, 0.3) is 0 Å². The highest BCUT2D eigenvalue weighted by molar-refractivity contribution is 9.10. The van der Waals surface area contributed by atoms with E-state index in [1.54, 1.807) is 13.0 Å². The van der Waals surface area contributed by atoms with E-state index < -0.39 is 11.9 Å². The molecule has 0 heterocycles. The molecule has 0 fully saturated rings. The monoisotopic (exact) mass is 266 g/mol. The minimum atomic E-state index is -0.786. The summed E-state index contributed by atoms with van der Waals surface area (Å²) in [4.78, 5) is 0. The first-order valence-corrected chi connectivity index (χ1v) is 5.06. The largest absolute Gasteiger partial charge is 0.388 e. The Morgan fingerprint density at radius 1 is 1.62 bits per heavy atom. The van der Waals surface area contributed by atoms with E-state index in [-0.39, 0.29) is 10.6 Å². The van der Waals surface area contributed by atoms with Crippen LogP contribution in [0.2, 0.25) is 5.02 Å². The first kappa shape index (κ1) is 11.0. The van der Waals surface area contributed by atoms with Crippen LogP contribution < -0.4 is 0 Å². The van der Waals surface area contributed by atoms with Crippen LogP contribution in [0.4, 0.5) is 4.39 Å². The van der Waals surface area contributed by atoms with Crippen LogP contribution >= 0.6 is 27.5 Å². The third-order valence-electron chi connectivity index (χ3n) is 1.81. The summed E-state index contributed by atoms with van der Waals surface area (Å²) in [7, 11) is 0. The van der Waals surface area contributed by atoms with E-state index in [9.17, 15) is 9.50 Å². The van der Waals surface area contributed by atoms with Gasteiger partial charge in [0.15, 0.2) is 0 Å². The summed E-state index contributed by atoms with van der Waals surface area (Å²) in [6.07, 6.45) is -0.319. The van der Waals surface area contributed by atoms with Crippen LogP contribution in [0.5, 0.6) is 0 Å². The lowest BCUT2D eigenvalue weighted by molar-refractivity contribution is 0.169. The molecule has 1 aromatic rings. The third-order valence-corrected chi connectivity index (χ3v) is 3.07. The Kier molecular flexibility index (Phi) is 3.71. The molecule has 0 aliphatic heterocycles. The minimum Gasteiger partial charge on any atom is -0.388 e. The Hall–Kier alpha value is -0.120. The molecule has 0 aromatic heterocycles. The zero-order valence-electron chi connectivity index (χ0n) is 7.02. The van der Waals surface area contributed by atoms with E-state index in [0.29, 0.717) is 10.9 Å². The van der Waals surface area contributed by atoms with Crippen molar-refractivity contribution in [1.29, 1.82) is 0 Å². The molecule has 0 bridgehead atoms. The van der Waals surface area contributed by atoms with E-state index in [4.69, 9.17) is 11.6 Å². The van der Waals surface area contributed by atoms with Crippen molar-refractivity contribution in [3.8, 4) is 0 Å². The Bertz CT molecular complexity index is 317. The zero-order chi connectivity index (χ0) is 10.0. The highest BCUT2D eigenvalue weighted by Gasteiger charge is 2.15. The fraction of sp³-hybridized carbons (Fsp3) is 0.333. The maximum Gasteiger partial charge on any atom is 0.148 e. The van der Waals surface area contributed by atoms with Crippen molar-refractivity contribution >= 4 is 27.5 Å². The van der Waals surface area contributed by atoms with Crippen LogP contribution in [0.15, 0.2) is 16.6 Å². The molecule has 0 saturated heterocycles. The fourth-order valence-corrected chi connectivity index (χ4v) is 1.50. The summed E-state index contributed by atoms with van der Waals surface area (Å²) in [5.41, 5.74) is 0.246. The quantitative estimate of drug-likeness (QED) is 0.810. The smallest absolute Gasteiger partial charge is 0.148 e. The molecule has 1 nitrogen and oxygen atoms in total. The number of hydrogen-bond acceptors (Lipinski definition) is 1. The fourth-order valence-electron chi connectivity index (χ4n) is 1.02. The Balaban J connectivity index is 3.18. The van der Waals surface area contributed by atoms with Crippen LogP contribution in [0.1, 0.15) is 25.0 Å². The maximum absolute atomic E-state index is 13.4. The van der Waals surface area contributed by atoms with Crippen molar-refractivity contribution in [2.45, 2.75) is 19.4 Å². The number of hydrogen-bond donors (Lipinski definition) is 1. The molecule has 4 heteroatoms. The molecular weight excluding hydrogens is 258 g/mol. The first-order valence-electron chi connectivity index (χ1n) is 3.89. The van der Waals surface area contributed by atoms with Crippen molar-refractivity contribution in [2.24, 2.45) is 0 Å². The molecule has 1 atom stereocenters. The lowest BCUT2D eigenvalue weighted by atomic mass is 10.1. The molecule has 13 heavy (non-hydrogen) atoms. The van der Waals surface area contributed by atoms with Crippen molar-refractivity contribution in [3.05, 3.63) is 33.0 Å². The molecule has 1 unspecified atom stereocenters. The van der Waals surface area contributed by atoms with Gasteiger partial charge in [-0.25, -0.2) is 4.39 Å². The predicted octanol–water partition coefficient (Wildman–Crippen LogP) is 3.69. The molecule has 0 saturated carbocycles. The van der Waals surface area contributed by atoms with Crippen molar-refractivity contribution in [2.75, 3.05) is 0 Å². The second-order valence-electron chi connectivity index (χ2n) is 2.69. The number of halogens is 3. The third kappa shape index (κ3) is 2.22. The molecular formula is C9H9BrClFO. The average Bonchev–Trinajstić information content (AvgIpc) is 2.13. The standard InChI is InChI=1S/C9H9BrClFO/c1-2-7(13)5-3-4-6(10)8(11)9(5)12/h3-4,7,13H,2H2,1H3. The molecule has 72 valence electrons. The summed E-state index contributed by atoms with van der Waals surface area (Å²) < 4.78 is 13.9. The topological polar surface area (TPSA) is 20.2 Å². The van der Waals surface area contributed by atoms with Crippen LogP contribution in [0, 0.1) is 5.82 Å². The van der Waals surface area contributed by atoms with Gasteiger partial charge in [0, 0.05) is 10.0 Å². The summed E-state index contributed by atoms with van der Waals surface area (Å²) >= 11 is 8.75. The van der Waals surface area contributed by atoms with Gasteiger partial charge in [0.05, 0.1) is 11.1 Å². The van der Waals surface area contributed by atoms with Gasteiger partial charge >= 0.3 is 0 Å². The molecule has 0 spiro atoms. The van der Waals surface area contributed by atoms with Gasteiger partial charge in [-0.1, -0.05) is 24.6 Å². The molecule has 1 aromatic carbocycles. The molecule has 1 rings (SSSR count). The molecule has 1 N–H and O–H groups in total. The van der Waals surface area contributed by atoms with Gasteiger partial charge in [-0.05, 0) is 28.4 Å². The molecule has 0 amide bonds. The summed E-state index contributed by atoms with van der Waals surface area (Å²) in [5, 5.41) is 9.43. The van der Waals surface area contributed by atoms with Crippen LogP contribution in [0.25, 0.3) is 0 Å². The number of benzene rings is 1. The highest BCUT2D eigenvalue weighted by atomic mass is 79.9. The van der Waals surface area contributed by atoms with Gasteiger partial charge in [-0.3, -0.25) is 0 Å². The van der Waals surface area contributed by atoms with Gasteiger partial charge in [-0.2, -0.15) is 0 Å². The van der Waals surface area contributed by atoms with Gasteiger partial charge < -0.3 is 5.11 Å². The number of rotatable bonds is 2. The van der Waals surface area contributed by atoms with Gasteiger partial charge in [0.1, 0.15) is 5.82 Å². The highest BCUT2D eigenvalue weighted by Crippen LogP contribution is 2.31. The van der Waals surface area contributed by atoms with Crippen LogP contribution in [-0.2, 0) is 0 Å².